The Morgan fingerprint density at radius 2 is 2.45 bits per heavy atom. The third kappa shape index (κ3) is 3.04. The Labute approximate surface area is 68.8 Å². The Morgan fingerprint density at radius 3 is 3.00 bits per heavy atom. The molecule has 0 atom stereocenters. The van der Waals surface area contributed by atoms with Gasteiger partial charge in [-0.15, -0.1) is 0 Å². The second-order valence-electron chi connectivity index (χ2n) is 3.01. The van der Waals surface area contributed by atoms with Gasteiger partial charge in [-0.25, -0.2) is 0 Å². The van der Waals surface area contributed by atoms with Crippen molar-refractivity contribution in [3.63, 3.8) is 0 Å². The van der Waals surface area contributed by atoms with Gasteiger partial charge in [0.15, 0.2) is 0 Å². The fourth-order valence-electron chi connectivity index (χ4n) is 1.18. The molecule has 2 nitrogen and oxygen atoms in total. The lowest BCUT2D eigenvalue weighted by molar-refractivity contribution is 0.165. The Kier molecular flexibility index (Phi) is 3.60. The van der Waals surface area contributed by atoms with Crippen LogP contribution in [0, 0.1) is 0 Å². The summed E-state index contributed by atoms with van der Waals surface area (Å²) in [5, 5.41) is 0. The van der Waals surface area contributed by atoms with Crippen molar-refractivity contribution in [1.82, 2.24) is 4.90 Å². The fraction of sp³-hybridized carbons (Fsp3) is 0.778. The van der Waals surface area contributed by atoms with Crippen LogP contribution in [0.2, 0.25) is 0 Å². The molecule has 1 rings (SSSR count). The van der Waals surface area contributed by atoms with Crippen LogP contribution in [0.15, 0.2) is 11.6 Å². The van der Waals surface area contributed by atoms with E-state index in [-0.39, 0.29) is 0 Å². The highest BCUT2D eigenvalue weighted by atomic mass is 16.5. The summed E-state index contributed by atoms with van der Waals surface area (Å²) in [5.41, 5.74) is 1.46. The largest absolute Gasteiger partial charge is 0.377 e. The van der Waals surface area contributed by atoms with Gasteiger partial charge in [0.25, 0.3) is 0 Å². The predicted octanol–water partition coefficient (Wildman–Crippen LogP) is 1.28. The molecule has 0 amide bonds. The number of hydrogen-bond donors (Lipinski definition) is 0. The molecule has 2 heteroatoms. The molecule has 0 bridgehead atoms. The summed E-state index contributed by atoms with van der Waals surface area (Å²) >= 11 is 0. The van der Waals surface area contributed by atoms with Crippen molar-refractivity contribution in [2.45, 2.75) is 13.3 Å². The topological polar surface area (TPSA) is 12.5 Å². The normalized spacial score (nSPS) is 20.0. The Morgan fingerprint density at radius 1 is 1.64 bits per heavy atom. The fourth-order valence-corrected chi connectivity index (χ4v) is 1.18. The van der Waals surface area contributed by atoms with Crippen LogP contribution in [0.3, 0.4) is 0 Å². The molecule has 0 aromatic heterocycles. The lowest BCUT2D eigenvalue weighted by Gasteiger charge is -2.21. The van der Waals surface area contributed by atoms with E-state index >= 15 is 0 Å². The molecule has 64 valence electrons. The monoisotopic (exact) mass is 155 g/mol. The molecule has 0 radical (unpaired) electrons. The highest BCUT2D eigenvalue weighted by molar-refractivity contribution is 5.07. The Balaban J connectivity index is 2.24. The van der Waals surface area contributed by atoms with E-state index < -0.39 is 0 Å². The third-order valence-corrected chi connectivity index (χ3v) is 2.00. The summed E-state index contributed by atoms with van der Waals surface area (Å²) < 4.78 is 5.32. The Bertz CT molecular complexity index is 142. The third-order valence-electron chi connectivity index (χ3n) is 2.00. The van der Waals surface area contributed by atoms with Gasteiger partial charge >= 0.3 is 0 Å². The SMILES string of the molecule is CCOCC1=CCN(C)CC1. The second kappa shape index (κ2) is 4.52. The first-order valence-electron chi connectivity index (χ1n) is 4.27. The van der Waals surface area contributed by atoms with Gasteiger partial charge in [0.2, 0.25) is 0 Å². The lowest BCUT2D eigenvalue weighted by atomic mass is 10.1. The number of nitrogens with zero attached hydrogens (tertiary/aromatic N) is 1. The summed E-state index contributed by atoms with van der Waals surface area (Å²) in [6.07, 6.45) is 3.45. The summed E-state index contributed by atoms with van der Waals surface area (Å²) in [7, 11) is 2.15. The standard InChI is InChI=1S/C9H17NO/c1-3-11-8-9-4-6-10(2)7-5-9/h4H,3,5-8H2,1-2H3. The van der Waals surface area contributed by atoms with Gasteiger partial charge in [0.1, 0.15) is 0 Å². The number of hydrogen-bond acceptors (Lipinski definition) is 2. The van der Waals surface area contributed by atoms with Gasteiger partial charge in [-0.3, -0.25) is 0 Å². The van der Waals surface area contributed by atoms with E-state index in [1.54, 1.807) is 0 Å². The first-order valence-corrected chi connectivity index (χ1v) is 4.27. The van der Waals surface area contributed by atoms with E-state index in [1.807, 2.05) is 6.92 Å². The van der Waals surface area contributed by atoms with Crippen LogP contribution in [0.25, 0.3) is 0 Å². The molecular weight excluding hydrogens is 138 g/mol. The van der Waals surface area contributed by atoms with Crippen molar-refractivity contribution in [3.05, 3.63) is 11.6 Å². The summed E-state index contributed by atoms with van der Waals surface area (Å²) in [5.74, 6) is 0. The average Bonchev–Trinajstić information content (AvgIpc) is 2.04. The molecule has 1 heterocycles. The van der Waals surface area contributed by atoms with Crippen LogP contribution < -0.4 is 0 Å². The van der Waals surface area contributed by atoms with Gasteiger partial charge in [-0.2, -0.15) is 0 Å². The molecule has 0 saturated heterocycles. The van der Waals surface area contributed by atoms with Gasteiger partial charge in [0, 0.05) is 19.7 Å². The van der Waals surface area contributed by atoms with Gasteiger partial charge in [0.05, 0.1) is 6.61 Å². The molecule has 1 aliphatic rings. The van der Waals surface area contributed by atoms with E-state index in [2.05, 4.69) is 18.0 Å². The van der Waals surface area contributed by atoms with Gasteiger partial charge in [-0.1, -0.05) is 6.08 Å². The minimum absolute atomic E-state index is 0.827. The van der Waals surface area contributed by atoms with Crippen molar-refractivity contribution < 1.29 is 4.74 Å². The van der Waals surface area contributed by atoms with E-state index in [4.69, 9.17) is 4.74 Å². The Hall–Kier alpha value is -0.340. The summed E-state index contributed by atoms with van der Waals surface area (Å²) in [4.78, 5) is 2.31. The predicted molar refractivity (Wildman–Crippen MR) is 46.7 cm³/mol. The minimum atomic E-state index is 0.827. The molecule has 0 aliphatic carbocycles. The molecule has 0 spiro atoms. The highest BCUT2D eigenvalue weighted by Gasteiger charge is 2.06. The summed E-state index contributed by atoms with van der Waals surface area (Å²) in [6.45, 7) is 5.97. The number of likely N-dealkylation sites (N-methyl/N-ethyl adjacent to an activating group) is 1. The molecule has 0 aromatic rings. The van der Waals surface area contributed by atoms with E-state index in [0.717, 1.165) is 19.8 Å². The zero-order valence-electron chi connectivity index (χ0n) is 7.47. The smallest absolute Gasteiger partial charge is 0.0677 e. The number of ether oxygens (including phenoxy) is 1. The van der Waals surface area contributed by atoms with Crippen molar-refractivity contribution in [1.29, 1.82) is 0 Å². The van der Waals surface area contributed by atoms with Crippen molar-refractivity contribution in [3.8, 4) is 0 Å². The molecule has 11 heavy (non-hydrogen) atoms. The van der Waals surface area contributed by atoms with Crippen LogP contribution in [0.1, 0.15) is 13.3 Å². The van der Waals surface area contributed by atoms with Crippen LogP contribution in [0.4, 0.5) is 0 Å². The maximum atomic E-state index is 5.32. The second-order valence-corrected chi connectivity index (χ2v) is 3.01. The van der Waals surface area contributed by atoms with E-state index in [9.17, 15) is 0 Å². The van der Waals surface area contributed by atoms with Crippen molar-refractivity contribution >= 4 is 0 Å². The quantitative estimate of drug-likeness (QED) is 0.569. The zero-order chi connectivity index (χ0) is 8.10. The molecule has 0 fully saturated rings. The molecule has 0 unspecified atom stereocenters. The van der Waals surface area contributed by atoms with Gasteiger partial charge in [-0.05, 0) is 26.0 Å². The van der Waals surface area contributed by atoms with Crippen LogP contribution >= 0.6 is 0 Å². The molecular formula is C9H17NO. The van der Waals surface area contributed by atoms with Crippen molar-refractivity contribution in [2.75, 3.05) is 33.4 Å². The first-order chi connectivity index (χ1) is 5.33. The highest BCUT2D eigenvalue weighted by Crippen LogP contribution is 2.08. The maximum Gasteiger partial charge on any atom is 0.0677 e. The van der Waals surface area contributed by atoms with Crippen LogP contribution in [-0.4, -0.2) is 38.3 Å². The van der Waals surface area contributed by atoms with Crippen LogP contribution in [-0.2, 0) is 4.74 Å². The van der Waals surface area contributed by atoms with Crippen molar-refractivity contribution in [2.24, 2.45) is 0 Å². The molecule has 0 aromatic carbocycles. The molecule has 1 aliphatic heterocycles. The zero-order valence-corrected chi connectivity index (χ0v) is 7.47. The van der Waals surface area contributed by atoms with Gasteiger partial charge < -0.3 is 9.64 Å². The van der Waals surface area contributed by atoms with Crippen LogP contribution in [0.5, 0.6) is 0 Å². The first kappa shape index (κ1) is 8.75. The lowest BCUT2D eigenvalue weighted by Crippen LogP contribution is -2.25. The summed E-state index contributed by atoms with van der Waals surface area (Å²) in [6, 6.07) is 0. The molecule has 0 saturated carbocycles. The number of rotatable bonds is 3. The van der Waals surface area contributed by atoms with E-state index in [1.165, 1.54) is 18.5 Å². The average molecular weight is 155 g/mol. The maximum absolute atomic E-state index is 5.32. The minimum Gasteiger partial charge on any atom is -0.377 e. The molecule has 0 N–H and O–H groups in total. The van der Waals surface area contributed by atoms with E-state index in [0.29, 0.717) is 0 Å².